The molecule has 0 saturated carbocycles. The van der Waals surface area contributed by atoms with Crippen LogP contribution < -0.4 is 0 Å². The first kappa shape index (κ1) is 16.1. The number of rotatable bonds is 4. The highest BCUT2D eigenvalue weighted by Crippen LogP contribution is 2.33. The van der Waals surface area contributed by atoms with Crippen molar-refractivity contribution in [2.45, 2.75) is 23.8 Å². The van der Waals surface area contributed by atoms with Gasteiger partial charge in [-0.25, -0.2) is 12.8 Å². The van der Waals surface area contributed by atoms with Crippen LogP contribution in [0.15, 0.2) is 17.0 Å². The Bertz CT molecular complexity index is 681. The molecule has 0 spiro atoms. The Labute approximate surface area is 125 Å². The van der Waals surface area contributed by atoms with Crippen molar-refractivity contribution < 1.29 is 22.8 Å². The van der Waals surface area contributed by atoms with E-state index in [1.54, 1.807) is 0 Å². The van der Waals surface area contributed by atoms with Gasteiger partial charge >= 0.3 is 0 Å². The number of nitro benzene ring substituents is 1. The van der Waals surface area contributed by atoms with Gasteiger partial charge in [0.1, 0.15) is 4.90 Å². The van der Waals surface area contributed by atoms with Crippen LogP contribution in [0.5, 0.6) is 0 Å². The van der Waals surface area contributed by atoms with Crippen LogP contribution >= 0.6 is 11.6 Å². The topological polar surface area (TPSA) is 101 Å². The minimum absolute atomic E-state index is 0.118. The molecular weight excluding hydrogens is 327 g/mol. The molecule has 0 amide bonds. The first-order valence-electron chi connectivity index (χ1n) is 6.05. The summed E-state index contributed by atoms with van der Waals surface area (Å²) in [6.07, 6.45) is 0.967. The number of aliphatic hydroxyl groups excluding tert-OH is 1. The minimum Gasteiger partial charge on any atom is -0.395 e. The van der Waals surface area contributed by atoms with Crippen LogP contribution in [0.3, 0.4) is 0 Å². The van der Waals surface area contributed by atoms with Crippen molar-refractivity contribution in [2.75, 3.05) is 13.2 Å². The molecule has 116 valence electrons. The molecule has 1 saturated heterocycles. The fraction of sp³-hybridized carbons (Fsp3) is 0.455. The smallest absolute Gasteiger partial charge is 0.272 e. The zero-order valence-electron chi connectivity index (χ0n) is 10.7. The van der Waals surface area contributed by atoms with Gasteiger partial charge in [-0.3, -0.25) is 10.1 Å². The molecule has 1 fully saturated rings. The van der Waals surface area contributed by atoms with E-state index in [-0.39, 0.29) is 6.54 Å². The molecule has 0 unspecified atom stereocenters. The number of nitrogens with zero attached hydrogens (tertiary/aromatic N) is 2. The zero-order chi connectivity index (χ0) is 15.8. The molecule has 1 heterocycles. The summed E-state index contributed by atoms with van der Waals surface area (Å²) in [6.45, 7) is -0.281. The third-order valence-corrected chi connectivity index (χ3v) is 5.54. The Morgan fingerprint density at radius 3 is 2.76 bits per heavy atom. The van der Waals surface area contributed by atoms with Gasteiger partial charge in [-0.1, -0.05) is 11.6 Å². The third-order valence-electron chi connectivity index (χ3n) is 3.31. The lowest BCUT2D eigenvalue weighted by Gasteiger charge is -2.22. The van der Waals surface area contributed by atoms with Crippen molar-refractivity contribution in [3.8, 4) is 0 Å². The van der Waals surface area contributed by atoms with E-state index in [1.807, 2.05) is 0 Å². The zero-order valence-corrected chi connectivity index (χ0v) is 12.3. The van der Waals surface area contributed by atoms with Gasteiger partial charge in [0.15, 0.2) is 5.82 Å². The highest BCUT2D eigenvalue weighted by Gasteiger charge is 2.37. The Hall–Kier alpha value is -1.29. The van der Waals surface area contributed by atoms with E-state index in [0.29, 0.717) is 18.9 Å². The molecule has 7 nitrogen and oxygen atoms in total. The van der Waals surface area contributed by atoms with Crippen LogP contribution in [0.25, 0.3) is 0 Å². The molecular formula is C11H12ClFN2O5S. The van der Waals surface area contributed by atoms with E-state index in [4.69, 9.17) is 11.6 Å². The number of hydrogen-bond acceptors (Lipinski definition) is 5. The summed E-state index contributed by atoms with van der Waals surface area (Å²) >= 11 is 5.53. The highest BCUT2D eigenvalue weighted by atomic mass is 35.5. The van der Waals surface area contributed by atoms with Gasteiger partial charge in [-0.05, 0) is 12.8 Å². The van der Waals surface area contributed by atoms with Crippen LogP contribution in [0.2, 0.25) is 5.02 Å². The Kier molecular flexibility index (Phi) is 4.47. The summed E-state index contributed by atoms with van der Waals surface area (Å²) in [7, 11) is -4.30. The lowest BCUT2D eigenvalue weighted by molar-refractivity contribution is -0.385. The minimum atomic E-state index is -4.30. The van der Waals surface area contributed by atoms with E-state index in [9.17, 15) is 28.0 Å². The maximum Gasteiger partial charge on any atom is 0.272 e. The summed E-state index contributed by atoms with van der Waals surface area (Å²) in [6, 6.07) is 0.736. The molecule has 0 radical (unpaired) electrons. The van der Waals surface area contributed by atoms with Gasteiger partial charge < -0.3 is 5.11 Å². The molecule has 1 aromatic rings. The van der Waals surface area contributed by atoms with Gasteiger partial charge in [0.2, 0.25) is 10.0 Å². The normalized spacial score (nSPS) is 19.9. The van der Waals surface area contributed by atoms with Gasteiger partial charge in [0.25, 0.3) is 5.69 Å². The fourth-order valence-corrected chi connectivity index (χ4v) is 4.34. The van der Waals surface area contributed by atoms with Gasteiger partial charge in [-0.2, -0.15) is 4.31 Å². The van der Waals surface area contributed by atoms with Crippen LogP contribution in [0, 0.1) is 15.9 Å². The second kappa shape index (κ2) is 5.84. The lowest BCUT2D eigenvalue weighted by Crippen LogP contribution is -2.38. The van der Waals surface area contributed by atoms with Gasteiger partial charge in [0, 0.05) is 24.7 Å². The van der Waals surface area contributed by atoms with Crippen molar-refractivity contribution in [3.63, 3.8) is 0 Å². The van der Waals surface area contributed by atoms with Crippen LogP contribution in [0.4, 0.5) is 10.1 Å². The molecule has 1 aliphatic rings. The molecule has 0 aromatic heterocycles. The quantitative estimate of drug-likeness (QED) is 0.662. The summed E-state index contributed by atoms with van der Waals surface area (Å²) in [5.41, 5.74) is -0.611. The molecule has 1 N–H and O–H groups in total. The van der Waals surface area contributed by atoms with Crippen LogP contribution in [0.1, 0.15) is 12.8 Å². The molecule has 21 heavy (non-hydrogen) atoms. The maximum absolute atomic E-state index is 14.0. The lowest BCUT2D eigenvalue weighted by atomic mass is 10.2. The summed E-state index contributed by atoms with van der Waals surface area (Å²) < 4.78 is 39.8. The molecule has 0 aliphatic carbocycles. The Balaban J connectivity index is 2.56. The average Bonchev–Trinajstić information content (AvgIpc) is 2.90. The number of nitro groups is 1. The number of non-ortho nitro benzene ring substituents is 1. The van der Waals surface area contributed by atoms with Crippen molar-refractivity contribution in [1.29, 1.82) is 0 Å². The first-order valence-corrected chi connectivity index (χ1v) is 7.87. The number of benzene rings is 1. The molecule has 10 heteroatoms. The fourth-order valence-electron chi connectivity index (χ4n) is 2.28. The number of hydrogen-bond donors (Lipinski definition) is 1. The monoisotopic (exact) mass is 338 g/mol. The van der Waals surface area contributed by atoms with Crippen LogP contribution in [-0.4, -0.2) is 41.9 Å². The number of aliphatic hydroxyl groups is 1. The largest absolute Gasteiger partial charge is 0.395 e. The van der Waals surface area contributed by atoms with E-state index in [2.05, 4.69) is 0 Å². The van der Waals surface area contributed by atoms with E-state index in [0.717, 1.165) is 10.4 Å². The molecule has 2 rings (SSSR count). The van der Waals surface area contributed by atoms with E-state index >= 15 is 0 Å². The Morgan fingerprint density at radius 2 is 2.19 bits per heavy atom. The maximum atomic E-state index is 14.0. The molecule has 0 bridgehead atoms. The van der Waals surface area contributed by atoms with E-state index in [1.165, 1.54) is 0 Å². The summed E-state index contributed by atoms with van der Waals surface area (Å²) in [5.74, 6) is -1.23. The molecule has 1 atom stereocenters. The van der Waals surface area contributed by atoms with Crippen LogP contribution in [-0.2, 0) is 10.0 Å². The van der Waals surface area contributed by atoms with Crippen molar-refractivity contribution >= 4 is 27.3 Å². The molecule has 1 aromatic carbocycles. The third kappa shape index (κ3) is 2.86. The number of halogens is 2. The summed E-state index contributed by atoms with van der Waals surface area (Å²) in [4.78, 5) is 9.07. The predicted octanol–water partition coefficient (Wildman–Crippen LogP) is 1.53. The second-order valence-electron chi connectivity index (χ2n) is 4.59. The standard InChI is InChI=1S/C11H12ClFN2O5S/c12-9-4-8(15(17)18)5-10(11(9)13)21(19,20)14-3-1-2-7(14)6-16/h4-5,7,16H,1-3,6H2/t7-/m0/s1. The van der Waals surface area contributed by atoms with E-state index < -0.39 is 49.0 Å². The second-order valence-corrected chi connectivity index (χ2v) is 6.86. The summed E-state index contributed by atoms with van der Waals surface area (Å²) in [5, 5.41) is 19.3. The Morgan fingerprint density at radius 1 is 1.52 bits per heavy atom. The van der Waals surface area contributed by atoms with Crippen molar-refractivity contribution in [3.05, 3.63) is 33.1 Å². The predicted molar refractivity (Wildman–Crippen MR) is 72.1 cm³/mol. The SMILES string of the molecule is O=[N+]([O-])c1cc(Cl)c(F)c(S(=O)(=O)N2CCC[C@H]2CO)c1. The molecule has 1 aliphatic heterocycles. The first-order chi connectivity index (χ1) is 9.78. The average molecular weight is 339 g/mol. The highest BCUT2D eigenvalue weighted by molar-refractivity contribution is 7.89. The number of sulfonamides is 1. The van der Waals surface area contributed by atoms with Crippen molar-refractivity contribution in [2.24, 2.45) is 0 Å². The van der Waals surface area contributed by atoms with Gasteiger partial charge in [0.05, 0.1) is 16.6 Å². The van der Waals surface area contributed by atoms with Gasteiger partial charge in [-0.15, -0.1) is 0 Å². The van der Waals surface area contributed by atoms with Crippen molar-refractivity contribution in [1.82, 2.24) is 4.31 Å².